The molecule has 3 nitrogen and oxygen atoms in total. The molecule has 1 aliphatic rings. The smallest absolute Gasteiger partial charge is 0.229 e. The van der Waals surface area contributed by atoms with Crippen molar-refractivity contribution >= 4 is 17.7 Å². The van der Waals surface area contributed by atoms with E-state index in [1.807, 2.05) is 36.4 Å². The van der Waals surface area contributed by atoms with Gasteiger partial charge >= 0.3 is 0 Å². The quantitative estimate of drug-likeness (QED) is 0.816. The molecule has 0 fully saturated rings. The van der Waals surface area contributed by atoms with Crippen LogP contribution in [0, 0.1) is 11.8 Å². The normalized spacial score (nSPS) is 17.4. The van der Waals surface area contributed by atoms with Crippen LogP contribution < -0.4 is 4.90 Å². The third-order valence-corrected chi connectivity index (χ3v) is 3.34. The average Bonchev–Trinajstić information content (AvgIpc) is 2.43. The second-order valence-corrected chi connectivity index (χ2v) is 6.40. The van der Waals surface area contributed by atoms with Gasteiger partial charge in [-0.2, -0.15) is 0 Å². The lowest BCUT2D eigenvalue weighted by molar-refractivity contribution is -0.121. The molecule has 0 aliphatic carbocycles. The lowest BCUT2D eigenvalue weighted by Crippen LogP contribution is -2.43. The summed E-state index contributed by atoms with van der Waals surface area (Å²) in [6, 6.07) is 7.97. The summed E-state index contributed by atoms with van der Waals surface area (Å²) in [6.45, 7) is 8.99. The first-order valence-corrected chi connectivity index (χ1v) is 7.70. The summed E-state index contributed by atoms with van der Waals surface area (Å²) >= 11 is 0. The standard InChI is InChI=1S/C18H25NO2/c1-13(2)11-17(20)19-16-8-6-5-7-15(16)9-10-18(19)21-12-14(3)4/h5-10,13-14,18H,11-12H2,1-4H3. The molecule has 0 spiro atoms. The van der Waals surface area contributed by atoms with Gasteiger partial charge < -0.3 is 4.74 Å². The van der Waals surface area contributed by atoms with Crippen molar-refractivity contribution in [3.8, 4) is 0 Å². The van der Waals surface area contributed by atoms with Crippen LogP contribution in [0.4, 0.5) is 5.69 Å². The fourth-order valence-electron chi connectivity index (χ4n) is 2.40. The number of para-hydroxylation sites is 1. The van der Waals surface area contributed by atoms with E-state index in [9.17, 15) is 4.79 Å². The molecule has 114 valence electrons. The molecule has 0 radical (unpaired) electrons. The zero-order chi connectivity index (χ0) is 15.4. The largest absolute Gasteiger partial charge is 0.354 e. The number of rotatable bonds is 5. The maximum absolute atomic E-state index is 12.6. The van der Waals surface area contributed by atoms with Gasteiger partial charge in [0, 0.05) is 6.42 Å². The number of nitrogens with zero attached hydrogens (tertiary/aromatic N) is 1. The first kappa shape index (κ1) is 15.8. The Morgan fingerprint density at radius 2 is 1.90 bits per heavy atom. The molecule has 1 heterocycles. The van der Waals surface area contributed by atoms with Crippen LogP contribution in [0.3, 0.4) is 0 Å². The zero-order valence-corrected chi connectivity index (χ0v) is 13.4. The summed E-state index contributed by atoms with van der Waals surface area (Å²) in [6.07, 6.45) is 4.25. The number of carbonyl (C=O) groups excluding carboxylic acids is 1. The van der Waals surface area contributed by atoms with Crippen molar-refractivity contribution in [1.29, 1.82) is 0 Å². The number of benzene rings is 1. The van der Waals surface area contributed by atoms with Gasteiger partial charge in [0.1, 0.15) is 0 Å². The predicted octanol–water partition coefficient (Wildman–Crippen LogP) is 4.09. The fourth-order valence-corrected chi connectivity index (χ4v) is 2.40. The Hall–Kier alpha value is -1.61. The number of hydrogen-bond acceptors (Lipinski definition) is 2. The molecule has 1 atom stereocenters. The molecule has 3 heteroatoms. The van der Waals surface area contributed by atoms with Crippen molar-refractivity contribution in [3.05, 3.63) is 35.9 Å². The number of fused-ring (bicyclic) bond motifs is 1. The van der Waals surface area contributed by atoms with Crippen molar-refractivity contribution < 1.29 is 9.53 Å². The van der Waals surface area contributed by atoms with Gasteiger partial charge in [-0.25, -0.2) is 0 Å². The molecule has 1 aromatic carbocycles. The molecule has 1 amide bonds. The fraction of sp³-hybridized carbons (Fsp3) is 0.500. The molecule has 2 rings (SSSR count). The van der Waals surface area contributed by atoms with Crippen LogP contribution >= 0.6 is 0 Å². The van der Waals surface area contributed by atoms with E-state index in [1.54, 1.807) is 4.90 Å². The van der Waals surface area contributed by atoms with Crippen LogP contribution in [0.15, 0.2) is 30.3 Å². The van der Waals surface area contributed by atoms with Crippen molar-refractivity contribution in [2.45, 2.75) is 40.3 Å². The summed E-state index contributed by atoms with van der Waals surface area (Å²) in [7, 11) is 0. The van der Waals surface area contributed by atoms with Gasteiger partial charge in [0.2, 0.25) is 5.91 Å². The molecule has 0 N–H and O–H groups in total. The Morgan fingerprint density at radius 3 is 2.57 bits per heavy atom. The van der Waals surface area contributed by atoms with Gasteiger partial charge in [-0.15, -0.1) is 0 Å². The maximum Gasteiger partial charge on any atom is 0.229 e. The van der Waals surface area contributed by atoms with E-state index in [4.69, 9.17) is 4.74 Å². The van der Waals surface area contributed by atoms with Gasteiger partial charge in [0.15, 0.2) is 6.23 Å². The van der Waals surface area contributed by atoms with E-state index < -0.39 is 0 Å². The number of amides is 1. The van der Waals surface area contributed by atoms with Crippen molar-refractivity contribution in [1.82, 2.24) is 0 Å². The molecule has 0 bridgehead atoms. The first-order chi connectivity index (χ1) is 9.99. The number of carbonyl (C=O) groups is 1. The van der Waals surface area contributed by atoms with E-state index in [1.165, 1.54) is 0 Å². The molecule has 0 saturated carbocycles. The summed E-state index contributed by atoms with van der Waals surface area (Å²) in [5, 5.41) is 0. The van der Waals surface area contributed by atoms with Crippen LogP contribution in [0.25, 0.3) is 6.08 Å². The Bertz CT molecular complexity index is 520. The molecule has 1 aliphatic heterocycles. The van der Waals surface area contributed by atoms with Gasteiger partial charge in [-0.05, 0) is 29.5 Å². The summed E-state index contributed by atoms with van der Waals surface area (Å²) in [4.78, 5) is 14.4. The molecule has 21 heavy (non-hydrogen) atoms. The predicted molar refractivity (Wildman–Crippen MR) is 87.0 cm³/mol. The Kier molecular flexibility index (Phi) is 5.18. The molecule has 0 aromatic heterocycles. The highest BCUT2D eigenvalue weighted by Gasteiger charge is 2.28. The summed E-state index contributed by atoms with van der Waals surface area (Å²) in [5.74, 6) is 0.898. The maximum atomic E-state index is 12.6. The van der Waals surface area contributed by atoms with E-state index >= 15 is 0 Å². The van der Waals surface area contributed by atoms with Gasteiger partial charge in [0.05, 0.1) is 12.3 Å². The van der Waals surface area contributed by atoms with Crippen molar-refractivity contribution in [2.24, 2.45) is 11.8 Å². The molecule has 0 saturated heterocycles. The van der Waals surface area contributed by atoms with E-state index in [-0.39, 0.29) is 12.1 Å². The lowest BCUT2D eigenvalue weighted by Gasteiger charge is -2.34. The van der Waals surface area contributed by atoms with Crippen molar-refractivity contribution in [3.63, 3.8) is 0 Å². The topological polar surface area (TPSA) is 29.5 Å². The van der Waals surface area contributed by atoms with E-state index in [2.05, 4.69) is 27.7 Å². The third-order valence-electron chi connectivity index (χ3n) is 3.34. The van der Waals surface area contributed by atoms with Crippen LogP contribution in [0.5, 0.6) is 0 Å². The van der Waals surface area contributed by atoms with Crippen LogP contribution in [-0.2, 0) is 9.53 Å². The van der Waals surface area contributed by atoms with E-state index in [0.29, 0.717) is 24.9 Å². The SMILES string of the molecule is CC(C)COC1C=Cc2ccccc2N1C(=O)CC(C)C. The minimum absolute atomic E-state index is 0.121. The number of ether oxygens (including phenoxy) is 1. The molecule has 1 aromatic rings. The highest BCUT2D eigenvalue weighted by Crippen LogP contribution is 2.30. The van der Waals surface area contributed by atoms with Gasteiger partial charge in [-0.1, -0.05) is 52.0 Å². The minimum atomic E-state index is -0.298. The third kappa shape index (κ3) is 3.94. The van der Waals surface area contributed by atoms with Crippen LogP contribution in [0.1, 0.15) is 39.7 Å². The monoisotopic (exact) mass is 287 g/mol. The lowest BCUT2D eigenvalue weighted by atomic mass is 10.0. The summed E-state index contributed by atoms with van der Waals surface area (Å²) in [5.41, 5.74) is 2.01. The first-order valence-electron chi connectivity index (χ1n) is 7.70. The van der Waals surface area contributed by atoms with Gasteiger partial charge in [-0.3, -0.25) is 9.69 Å². The number of anilines is 1. The average molecular weight is 287 g/mol. The highest BCUT2D eigenvalue weighted by atomic mass is 16.5. The Labute approximate surface area is 127 Å². The Morgan fingerprint density at radius 1 is 1.19 bits per heavy atom. The second-order valence-electron chi connectivity index (χ2n) is 6.40. The van der Waals surface area contributed by atoms with Crippen LogP contribution in [0.2, 0.25) is 0 Å². The number of hydrogen-bond donors (Lipinski definition) is 0. The van der Waals surface area contributed by atoms with Gasteiger partial charge in [0.25, 0.3) is 0 Å². The molecule has 1 unspecified atom stereocenters. The Balaban J connectivity index is 2.27. The minimum Gasteiger partial charge on any atom is -0.354 e. The van der Waals surface area contributed by atoms with Crippen LogP contribution in [-0.4, -0.2) is 18.7 Å². The molecular weight excluding hydrogens is 262 g/mol. The highest BCUT2D eigenvalue weighted by molar-refractivity contribution is 5.97. The molecular formula is C18H25NO2. The van der Waals surface area contributed by atoms with Crippen molar-refractivity contribution in [2.75, 3.05) is 11.5 Å². The second kappa shape index (κ2) is 6.90. The van der Waals surface area contributed by atoms with E-state index in [0.717, 1.165) is 11.3 Å². The zero-order valence-electron chi connectivity index (χ0n) is 13.4. The summed E-state index contributed by atoms with van der Waals surface area (Å²) < 4.78 is 5.93.